The van der Waals surface area contributed by atoms with Crippen molar-refractivity contribution in [3.05, 3.63) is 65.0 Å². The molecule has 2 aromatic carbocycles. The van der Waals surface area contributed by atoms with E-state index in [9.17, 15) is 14.3 Å². The molecule has 1 aliphatic heterocycles. The van der Waals surface area contributed by atoms with Crippen LogP contribution in [0.2, 0.25) is 0 Å². The molecule has 0 spiro atoms. The van der Waals surface area contributed by atoms with Crippen LogP contribution in [0.3, 0.4) is 0 Å². The molecule has 0 saturated carbocycles. The fourth-order valence-corrected chi connectivity index (χ4v) is 3.54. The molecule has 25 heavy (non-hydrogen) atoms. The maximum absolute atomic E-state index is 13.8. The van der Waals surface area contributed by atoms with Crippen LogP contribution in [0.25, 0.3) is 0 Å². The van der Waals surface area contributed by atoms with Gasteiger partial charge in [-0.2, -0.15) is 0 Å². The lowest BCUT2D eigenvalue weighted by molar-refractivity contribution is 0.0665. The van der Waals surface area contributed by atoms with Crippen molar-refractivity contribution in [1.29, 1.82) is 0 Å². The van der Waals surface area contributed by atoms with Crippen LogP contribution in [0.5, 0.6) is 5.75 Å². The number of likely N-dealkylation sites (tertiary alicyclic amines) is 1. The number of rotatable bonds is 4. The first-order valence-electron chi connectivity index (χ1n) is 8.87. The fraction of sp³-hybridized carbons (Fsp3) is 0.381. The summed E-state index contributed by atoms with van der Waals surface area (Å²) >= 11 is 0. The Labute approximate surface area is 148 Å². The molecule has 0 bridgehead atoms. The first kappa shape index (κ1) is 17.5. The van der Waals surface area contributed by atoms with Crippen LogP contribution in [-0.4, -0.2) is 29.0 Å². The Kier molecular flexibility index (Phi) is 5.37. The van der Waals surface area contributed by atoms with Crippen LogP contribution in [0, 0.1) is 18.7 Å². The van der Waals surface area contributed by atoms with E-state index in [4.69, 9.17) is 0 Å². The summed E-state index contributed by atoms with van der Waals surface area (Å²) in [5, 5.41) is 10.1. The van der Waals surface area contributed by atoms with Crippen LogP contribution in [0.1, 0.15) is 40.7 Å². The smallest absolute Gasteiger partial charge is 0.257 e. The van der Waals surface area contributed by atoms with Crippen LogP contribution in [0.4, 0.5) is 4.39 Å². The van der Waals surface area contributed by atoms with Gasteiger partial charge in [-0.3, -0.25) is 4.79 Å². The lowest BCUT2D eigenvalue weighted by Gasteiger charge is -2.33. The van der Waals surface area contributed by atoms with E-state index < -0.39 is 0 Å². The molecule has 0 aliphatic carbocycles. The van der Waals surface area contributed by atoms with Crippen molar-refractivity contribution in [3.63, 3.8) is 0 Å². The van der Waals surface area contributed by atoms with Gasteiger partial charge in [0.1, 0.15) is 11.6 Å². The molecular weight excluding hydrogens is 317 g/mol. The number of benzene rings is 2. The van der Waals surface area contributed by atoms with Crippen LogP contribution < -0.4 is 0 Å². The van der Waals surface area contributed by atoms with Crippen LogP contribution in [0.15, 0.2) is 42.5 Å². The second-order valence-corrected chi connectivity index (χ2v) is 6.91. The third-order valence-corrected chi connectivity index (χ3v) is 4.97. The Balaban J connectivity index is 1.62. The van der Waals surface area contributed by atoms with Crippen LogP contribution in [-0.2, 0) is 6.42 Å². The normalized spacial score (nSPS) is 17.5. The van der Waals surface area contributed by atoms with E-state index in [0.29, 0.717) is 31.0 Å². The predicted octanol–water partition coefficient (Wildman–Crippen LogP) is 4.32. The molecular formula is C21H24FNO2. The first-order valence-corrected chi connectivity index (χ1v) is 8.87. The minimum Gasteiger partial charge on any atom is -0.507 e. The number of amides is 1. The molecule has 3 nitrogen and oxygen atoms in total. The molecule has 4 heteroatoms. The standard InChI is InChI=1S/C21H24FNO2/c1-15-8-11-18(20(24)13-15)21(25)23-12-4-5-16(14-23)9-10-17-6-2-3-7-19(17)22/h2-3,6-8,11,13,16,24H,4-5,9-10,12,14H2,1H3/t16-/m1/s1. The van der Waals surface area contributed by atoms with E-state index in [1.807, 2.05) is 30.0 Å². The quantitative estimate of drug-likeness (QED) is 0.899. The fourth-order valence-electron chi connectivity index (χ4n) is 3.54. The van der Waals surface area contributed by atoms with Gasteiger partial charge in [0.25, 0.3) is 5.91 Å². The Hall–Kier alpha value is -2.36. The monoisotopic (exact) mass is 341 g/mol. The topological polar surface area (TPSA) is 40.5 Å². The molecule has 1 N–H and O–H groups in total. The minimum absolute atomic E-state index is 0.0403. The number of halogens is 1. The SMILES string of the molecule is Cc1ccc(C(=O)N2CCC[C@H](CCc3ccccc3F)C2)c(O)c1. The largest absolute Gasteiger partial charge is 0.507 e. The average Bonchev–Trinajstić information content (AvgIpc) is 2.61. The maximum Gasteiger partial charge on any atom is 0.257 e. The molecule has 1 heterocycles. The van der Waals surface area contributed by atoms with Crippen molar-refractivity contribution in [2.24, 2.45) is 5.92 Å². The minimum atomic E-state index is -0.157. The number of aromatic hydroxyl groups is 1. The summed E-state index contributed by atoms with van der Waals surface area (Å²) in [6, 6.07) is 12.0. The van der Waals surface area contributed by atoms with Gasteiger partial charge >= 0.3 is 0 Å². The van der Waals surface area contributed by atoms with Gasteiger partial charge in [0.05, 0.1) is 5.56 Å². The third-order valence-electron chi connectivity index (χ3n) is 4.97. The lowest BCUT2D eigenvalue weighted by atomic mass is 9.91. The second-order valence-electron chi connectivity index (χ2n) is 6.91. The molecule has 0 unspecified atom stereocenters. The zero-order chi connectivity index (χ0) is 17.8. The number of carbonyl (C=O) groups excluding carboxylic acids is 1. The van der Waals surface area contributed by atoms with Gasteiger partial charge in [0.2, 0.25) is 0 Å². The first-order chi connectivity index (χ1) is 12.0. The molecule has 1 saturated heterocycles. The molecule has 3 rings (SSSR count). The Morgan fingerprint density at radius 1 is 1.28 bits per heavy atom. The highest BCUT2D eigenvalue weighted by atomic mass is 19.1. The van der Waals surface area contributed by atoms with E-state index in [0.717, 1.165) is 30.4 Å². The number of carbonyl (C=O) groups is 1. The number of nitrogens with zero attached hydrogens (tertiary/aromatic N) is 1. The van der Waals surface area contributed by atoms with E-state index in [2.05, 4.69) is 0 Å². The van der Waals surface area contributed by atoms with Gasteiger partial charge in [-0.1, -0.05) is 24.3 Å². The van der Waals surface area contributed by atoms with E-state index in [1.54, 1.807) is 18.2 Å². The summed E-state index contributed by atoms with van der Waals surface area (Å²) in [4.78, 5) is 14.5. The summed E-state index contributed by atoms with van der Waals surface area (Å²) in [7, 11) is 0. The average molecular weight is 341 g/mol. The Bertz CT molecular complexity index is 759. The Morgan fingerprint density at radius 2 is 2.08 bits per heavy atom. The predicted molar refractivity (Wildman–Crippen MR) is 96.2 cm³/mol. The number of phenols is 1. The number of piperidine rings is 1. The van der Waals surface area contributed by atoms with Crippen molar-refractivity contribution in [2.75, 3.05) is 13.1 Å². The lowest BCUT2D eigenvalue weighted by Crippen LogP contribution is -2.40. The van der Waals surface area contributed by atoms with Crippen molar-refractivity contribution in [2.45, 2.75) is 32.6 Å². The summed E-state index contributed by atoms with van der Waals surface area (Å²) < 4.78 is 13.8. The molecule has 0 radical (unpaired) electrons. The van der Waals surface area contributed by atoms with E-state index >= 15 is 0 Å². The number of hydrogen-bond donors (Lipinski definition) is 1. The molecule has 1 aliphatic rings. The van der Waals surface area contributed by atoms with Crippen molar-refractivity contribution >= 4 is 5.91 Å². The highest BCUT2D eigenvalue weighted by molar-refractivity contribution is 5.97. The van der Waals surface area contributed by atoms with Gasteiger partial charge in [0, 0.05) is 13.1 Å². The molecule has 132 valence electrons. The van der Waals surface area contributed by atoms with Gasteiger partial charge in [-0.15, -0.1) is 0 Å². The molecule has 1 fully saturated rings. The van der Waals surface area contributed by atoms with Crippen molar-refractivity contribution in [3.8, 4) is 5.75 Å². The summed E-state index contributed by atoms with van der Waals surface area (Å²) in [5.41, 5.74) is 2.03. The van der Waals surface area contributed by atoms with Gasteiger partial charge in [-0.05, 0) is 67.9 Å². The number of phenolic OH excluding ortho intramolecular Hbond substituents is 1. The summed E-state index contributed by atoms with van der Waals surface area (Å²) in [5.74, 6) is 0.132. The highest BCUT2D eigenvalue weighted by Crippen LogP contribution is 2.26. The summed E-state index contributed by atoms with van der Waals surface area (Å²) in [6.07, 6.45) is 3.55. The van der Waals surface area contributed by atoms with Gasteiger partial charge in [0.15, 0.2) is 0 Å². The Morgan fingerprint density at radius 3 is 2.84 bits per heavy atom. The van der Waals surface area contributed by atoms with E-state index in [-0.39, 0.29) is 17.5 Å². The van der Waals surface area contributed by atoms with E-state index in [1.165, 1.54) is 6.07 Å². The van der Waals surface area contributed by atoms with Gasteiger partial charge in [-0.25, -0.2) is 4.39 Å². The number of hydrogen-bond acceptors (Lipinski definition) is 2. The number of aryl methyl sites for hydroxylation is 2. The molecule has 1 amide bonds. The second kappa shape index (κ2) is 7.68. The summed E-state index contributed by atoms with van der Waals surface area (Å²) in [6.45, 7) is 3.26. The van der Waals surface area contributed by atoms with Crippen molar-refractivity contribution < 1.29 is 14.3 Å². The van der Waals surface area contributed by atoms with Crippen molar-refractivity contribution in [1.82, 2.24) is 4.90 Å². The molecule has 2 aromatic rings. The third kappa shape index (κ3) is 4.19. The molecule has 1 atom stereocenters. The zero-order valence-corrected chi connectivity index (χ0v) is 14.5. The zero-order valence-electron chi connectivity index (χ0n) is 14.5. The highest BCUT2D eigenvalue weighted by Gasteiger charge is 2.26. The van der Waals surface area contributed by atoms with Gasteiger partial charge < -0.3 is 10.0 Å². The maximum atomic E-state index is 13.8. The van der Waals surface area contributed by atoms with Crippen LogP contribution >= 0.6 is 0 Å². The molecule has 0 aromatic heterocycles.